The molecule has 6 heteroatoms. The van der Waals surface area contributed by atoms with Crippen LogP contribution in [-0.2, 0) is 23.9 Å². The van der Waals surface area contributed by atoms with E-state index in [9.17, 15) is 14.4 Å². The van der Waals surface area contributed by atoms with Crippen molar-refractivity contribution >= 4 is 29.5 Å². The van der Waals surface area contributed by atoms with Gasteiger partial charge in [-0.1, -0.05) is 168 Å². The van der Waals surface area contributed by atoms with Crippen LogP contribution < -0.4 is 0 Å². The lowest BCUT2D eigenvalue weighted by atomic mass is 10.0. The normalized spacial score (nSPS) is 11.9. The molecule has 0 unspecified atom stereocenters. The monoisotopic (exact) mass is 655 g/mol. The van der Waals surface area contributed by atoms with Crippen molar-refractivity contribution in [2.45, 2.75) is 213 Å². The van der Waals surface area contributed by atoms with Crippen LogP contribution in [0.15, 0.2) is 0 Å². The molecule has 1 atom stereocenters. The molecule has 0 fully saturated rings. The summed E-state index contributed by atoms with van der Waals surface area (Å²) >= 11 is 1.58. The van der Waals surface area contributed by atoms with E-state index in [1.807, 2.05) is 0 Å². The van der Waals surface area contributed by atoms with Gasteiger partial charge in [0.25, 0.3) is 0 Å². The number of ketones is 1. The molecule has 0 radical (unpaired) electrons. The van der Waals surface area contributed by atoms with Crippen LogP contribution in [0.5, 0.6) is 0 Å². The summed E-state index contributed by atoms with van der Waals surface area (Å²) in [4.78, 5) is 36.2. The number of Topliss-reactive ketones (excluding diaryl/α,β-unsaturated/α-hetero) is 1. The third-order valence-corrected chi connectivity index (χ3v) is 9.70. The Hall–Kier alpha value is -1.04. The van der Waals surface area contributed by atoms with Gasteiger partial charge in [0.1, 0.15) is 18.5 Å². The fourth-order valence-corrected chi connectivity index (χ4v) is 6.65. The highest BCUT2D eigenvalue weighted by Crippen LogP contribution is 2.16. The Bertz CT molecular complexity index is 668. The Morgan fingerprint density at radius 3 is 1.22 bits per heavy atom. The van der Waals surface area contributed by atoms with Gasteiger partial charge in [-0.2, -0.15) is 11.8 Å². The molecule has 0 saturated heterocycles. The molecule has 0 aromatic rings. The Morgan fingerprint density at radius 1 is 0.489 bits per heavy atom. The molecular weight excluding hydrogens is 580 g/mol. The highest BCUT2D eigenvalue weighted by atomic mass is 32.2. The van der Waals surface area contributed by atoms with Gasteiger partial charge in [-0.25, -0.2) is 0 Å². The average molecular weight is 655 g/mol. The van der Waals surface area contributed by atoms with Crippen LogP contribution in [-0.4, -0.2) is 41.9 Å². The molecule has 0 amide bonds. The third-order valence-electron chi connectivity index (χ3n) is 8.60. The van der Waals surface area contributed by atoms with Crippen molar-refractivity contribution < 1.29 is 23.9 Å². The number of hydrogen-bond acceptors (Lipinski definition) is 6. The molecule has 0 aromatic heterocycles. The summed E-state index contributed by atoms with van der Waals surface area (Å²) in [6.45, 7) is 6.22. The second kappa shape index (κ2) is 35.8. The smallest absolute Gasteiger partial charge is 0.306 e. The molecule has 0 aliphatic heterocycles. The quantitative estimate of drug-likeness (QED) is 0.0494. The fourth-order valence-electron chi connectivity index (χ4n) is 5.62. The second-order valence-electron chi connectivity index (χ2n) is 13.3. The minimum atomic E-state index is -0.452. The standard InChI is InChI=1S/C39H74O5S/c1-4-6-8-10-12-14-16-18-20-22-24-26-28-30-38(41)43-34-37(35-45-33-32-36(3)40)44-39(42)31-29-27-25-23-21-19-17-15-13-11-9-7-5-2/h37H,4-35H2,1-3H3/t37-/m0/s1. The largest absolute Gasteiger partial charge is 0.462 e. The van der Waals surface area contributed by atoms with Gasteiger partial charge in [-0.05, 0) is 19.8 Å². The first-order valence-corrected chi connectivity index (χ1v) is 20.6. The summed E-state index contributed by atoms with van der Waals surface area (Å²) in [5.74, 6) is 0.980. The number of rotatable bonds is 36. The van der Waals surface area contributed by atoms with E-state index in [0.29, 0.717) is 30.8 Å². The van der Waals surface area contributed by atoms with Crippen LogP contribution in [0.2, 0.25) is 0 Å². The van der Waals surface area contributed by atoms with E-state index in [1.54, 1.807) is 18.7 Å². The van der Waals surface area contributed by atoms with Crippen molar-refractivity contribution in [2.24, 2.45) is 0 Å². The van der Waals surface area contributed by atoms with E-state index >= 15 is 0 Å². The number of ether oxygens (including phenoxy) is 2. The molecule has 0 rings (SSSR count). The zero-order valence-corrected chi connectivity index (χ0v) is 31.0. The van der Waals surface area contributed by atoms with Crippen LogP contribution in [0.25, 0.3) is 0 Å². The molecular formula is C39H74O5S. The summed E-state index contributed by atoms with van der Waals surface area (Å²) in [6, 6.07) is 0. The maximum Gasteiger partial charge on any atom is 0.306 e. The van der Waals surface area contributed by atoms with Gasteiger partial charge < -0.3 is 9.47 Å². The van der Waals surface area contributed by atoms with E-state index in [2.05, 4.69) is 13.8 Å². The van der Waals surface area contributed by atoms with Gasteiger partial charge in [0, 0.05) is 30.8 Å². The van der Waals surface area contributed by atoms with Crippen molar-refractivity contribution in [3.05, 3.63) is 0 Å². The van der Waals surface area contributed by atoms with Crippen LogP contribution >= 0.6 is 11.8 Å². The van der Waals surface area contributed by atoms with E-state index < -0.39 is 6.10 Å². The molecule has 0 aromatic carbocycles. The van der Waals surface area contributed by atoms with E-state index in [4.69, 9.17) is 9.47 Å². The van der Waals surface area contributed by atoms with Crippen molar-refractivity contribution in [1.29, 1.82) is 0 Å². The average Bonchev–Trinajstić information content (AvgIpc) is 3.02. The molecule has 0 aliphatic rings. The molecule has 0 heterocycles. The SMILES string of the molecule is CCCCCCCCCCCCCCCC(=O)OC[C@@H](CSCCC(C)=O)OC(=O)CCCCCCCCCCCCCCC. The van der Waals surface area contributed by atoms with Crippen molar-refractivity contribution in [3.8, 4) is 0 Å². The van der Waals surface area contributed by atoms with Crippen LogP contribution in [0.1, 0.15) is 207 Å². The molecule has 0 N–H and O–H groups in total. The Balaban J connectivity index is 3.97. The second-order valence-corrected chi connectivity index (χ2v) is 14.5. The Kier molecular flexibility index (Phi) is 35.0. The molecule has 0 spiro atoms. The maximum atomic E-state index is 12.5. The minimum Gasteiger partial charge on any atom is -0.462 e. The summed E-state index contributed by atoms with van der Waals surface area (Å²) in [5, 5.41) is 0. The number of carbonyl (C=O) groups is 3. The summed E-state index contributed by atoms with van der Waals surface area (Å²) in [7, 11) is 0. The molecule has 0 bridgehead atoms. The maximum absolute atomic E-state index is 12.5. The van der Waals surface area contributed by atoms with Crippen LogP contribution in [0.3, 0.4) is 0 Å². The zero-order valence-electron chi connectivity index (χ0n) is 30.2. The molecule has 0 saturated carbocycles. The summed E-state index contributed by atoms with van der Waals surface area (Å²) < 4.78 is 11.2. The first kappa shape index (κ1) is 44.0. The first-order valence-electron chi connectivity index (χ1n) is 19.4. The predicted molar refractivity (Wildman–Crippen MR) is 194 cm³/mol. The molecule has 266 valence electrons. The Morgan fingerprint density at radius 2 is 0.844 bits per heavy atom. The molecule has 0 aliphatic carbocycles. The first-order chi connectivity index (χ1) is 22.0. The van der Waals surface area contributed by atoms with Gasteiger partial charge in [-0.15, -0.1) is 0 Å². The van der Waals surface area contributed by atoms with Crippen LogP contribution in [0.4, 0.5) is 0 Å². The van der Waals surface area contributed by atoms with Gasteiger partial charge >= 0.3 is 11.9 Å². The molecule has 5 nitrogen and oxygen atoms in total. The van der Waals surface area contributed by atoms with Crippen LogP contribution in [0, 0.1) is 0 Å². The number of unbranched alkanes of at least 4 members (excludes halogenated alkanes) is 24. The van der Waals surface area contributed by atoms with E-state index in [0.717, 1.165) is 25.7 Å². The highest BCUT2D eigenvalue weighted by molar-refractivity contribution is 7.99. The summed E-state index contributed by atoms with van der Waals surface area (Å²) in [5.41, 5.74) is 0. The van der Waals surface area contributed by atoms with Gasteiger partial charge in [-0.3, -0.25) is 14.4 Å². The summed E-state index contributed by atoms with van der Waals surface area (Å²) in [6.07, 6.45) is 34.0. The number of hydrogen-bond donors (Lipinski definition) is 0. The highest BCUT2D eigenvalue weighted by Gasteiger charge is 2.17. The van der Waals surface area contributed by atoms with Crippen molar-refractivity contribution in [3.63, 3.8) is 0 Å². The van der Waals surface area contributed by atoms with Crippen molar-refractivity contribution in [2.75, 3.05) is 18.1 Å². The van der Waals surface area contributed by atoms with Gasteiger partial charge in [0.2, 0.25) is 0 Å². The van der Waals surface area contributed by atoms with Gasteiger partial charge in [0.15, 0.2) is 0 Å². The number of esters is 2. The number of carbonyl (C=O) groups excluding carboxylic acids is 3. The van der Waals surface area contributed by atoms with E-state index in [1.165, 1.54) is 141 Å². The Labute approximate surface area is 283 Å². The predicted octanol–water partition coefficient (Wildman–Crippen LogP) is 12.1. The lowest BCUT2D eigenvalue weighted by molar-refractivity contribution is -0.157. The lowest BCUT2D eigenvalue weighted by Gasteiger charge is -2.18. The molecule has 45 heavy (non-hydrogen) atoms. The zero-order chi connectivity index (χ0) is 33.1. The third kappa shape index (κ3) is 35.7. The van der Waals surface area contributed by atoms with Crippen molar-refractivity contribution in [1.82, 2.24) is 0 Å². The van der Waals surface area contributed by atoms with Gasteiger partial charge in [0.05, 0.1) is 0 Å². The van der Waals surface area contributed by atoms with E-state index in [-0.39, 0.29) is 24.3 Å². The minimum absolute atomic E-state index is 0.106. The fraction of sp³-hybridized carbons (Fsp3) is 0.923. The topological polar surface area (TPSA) is 69.7 Å². The lowest BCUT2D eigenvalue weighted by Crippen LogP contribution is -2.27. The number of thioether (sulfide) groups is 1.